The van der Waals surface area contributed by atoms with E-state index in [4.69, 9.17) is 21.1 Å². The van der Waals surface area contributed by atoms with Gasteiger partial charge in [-0.1, -0.05) is 11.6 Å². The molecule has 1 saturated heterocycles. The first kappa shape index (κ1) is 20.7. The highest BCUT2D eigenvalue weighted by Gasteiger charge is 2.46. The lowest BCUT2D eigenvalue weighted by Crippen LogP contribution is -2.32. The van der Waals surface area contributed by atoms with Crippen molar-refractivity contribution in [3.8, 4) is 11.5 Å². The number of β-amino-alcohol motifs (C(OH)–C–C–N with tert-alkyl or cyclic N) is 1. The Morgan fingerprint density at radius 1 is 1.10 bits per heavy atom. The van der Waals surface area contributed by atoms with Crippen molar-refractivity contribution in [3.05, 3.63) is 64.2 Å². The number of carbonyl (C=O) groups excluding carboxylic acids is 2. The van der Waals surface area contributed by atoms with E-state index >= 15 is 0 Å². The number of aliphatic hydroxyl groups is 2. The number of methoxy groups -OCH3 is 2. The maximum absolute atomic E-state index is 12.8. The summed E-state index contributed by atoms with van der Waals surface area (Å²) in [5, 5.41) is 20.8. The van der Waals surface area contributed by atoms with Crippen molar-refractivity contribution >= 4 is 29.1 Å². The van der Waals surface area contributed by atoms with Crippen molar-refractivity contribution in [2.24, 2.45) is 0 Å². The number of halogens is 1. The maximum Gasteiger partial charge on any atom is 0.295 e. The first-order valence-corrected chi connectivity index (χ1v) is 9.17. The van der Waals surface area contributed by atoms with E-state index in [1.54, 1.807) is 42.5 Å². The zero-order valence-corrected chi connectivity index (χ0v) is 16.6. The molecule has 3 rings (SSSR count). The third-order valence-corrected chi connectivity index (χ3v) is 4.99. The van der Waals surface area contributed by atoms with Crippen molar-refractivity contribution in [1.29, 1.82) is 0 Å². The van der Waals surface area contributed by atoms with Crippen LogP contribution in [0.5, 0.6) is 11.5 Å². The van der Waals surface area contributed by atoms with E-state index in [0.717, 1.165) is 0 Å². The molecule has 1 fully saturated rings. The van der Waals surface area contributed by atoms with E-state index in [9.17, 15) is 19.8 Å². The number of ketones is 1. The molecule has 7 nitrogen and oxygen atoms in total. The molecule has 0 aromatic heterocycles. The number of ether oxygens (including phenoxy) is 2. The van der Waals surface area contributed by atoms with Gasteiger partial charge in [0.25, 0.3) is 11.7 Å². The summed E-state index contributed by atoms with van der Waals surface area (Å²) in [5.41, 5.74) is 0.736. The lowest BCUT2D eigenvalue weighted by Gasteiger charge is -2.26. The fourth-order valence-corrected chi connectivity index (χ4v) is 3.48. The Labute approximate surface area is 172 Å². The van der Waals surface area contributed by atoms with Gasteiger partial charge < -0.3 is 24.6 Å². The van der Waals surface area contributed by atoms with Crippen LogP contribution >= 0.6 is 11.6 Å². The van der Waals surface area contributed by atoms with E-state index in [0.29, 0.717) is 27.6 Å². The molecule has 0 radical (unpaired) electrons. The summed E-state index contributed by atoms with van der Waals surface area (Å²) in [7, 11) is 2.96. The molecule has 29 heavy (non-hydrogen) atoms. The fraction of sp³-hybridized carbons (Fsp3) is 0.238. The van der Waals surface area contributed by atoms with Crippen LogP contribution in [0.25, 0.3) is 5.76 Å². The van der Waals surface area contributed by atoms with Crippen LogP contribution in [0.3, 0.4) is 0 Å². The zero-order valence-electron chi connectivity index (χ0n) is 15.9. The molecule has 1 atom stereocenters. The Kier molecular flexibility index (Phi) is 6.10. The van der Waals surface area contributed by atoms with Crippen LogP contribution in [0.4, 0.5) is 0 Å². The minimum absolute atomic E-state index is 0.0815. The molecule has 0 aliphatic carbocycles. The van der Waals surface area contributed by atoms with Crippen molar-refractivity contribution in [1.82, 2.24) is 4.90 Å². The number of Topliss-reactive ketones (excluding diaryl/α,β-unsaturated/α-hetero) is 1. The average Bonchev–Trinajstić information content (AvgIpc) is 2.98. The topological polar surface area (TPSA) is 96.3 Å². The SMILES string of the molecule is COc1ccc(C2/C(=C(/O)c3ccc(Cl)cc3)C(=O)C(=O)N2CCO)c(OC)c1. The van der Waals surface area contributed by atoms with Gasteiger partial charge in [0.1, 0.15) is 17.3 Å². The zero-order chi connectivity index (χ0) is 21.1. The van der Waals surface area contributed by atoms with Gasteiger partial charge in [0.2, 0.25) is 0 Å². The van der Waals surface area contributed by atoms with Crippen LogP contribution in [0.2, 0.25) is 5.02 Å². The monoisotopic (exact) mass is 417 g/mol. The second-order valence-corrected chi connectivity index (χ2v) is 6.77. The van der Waals surface area contributed by atoms with Crippen LogP contribution in [-0.4, -0.2) is 54.2 Å². The van der Waals surface area contributed by atoms with Gasteiger partial charge in [-0.3, -0.25) is 9.59 Å². The fourth-order valence-electron chi connectivity index (χ4n) is 3.35. The molecule has 8 heteroatoms. The third kappa shape index (κ3) is 3.79. The molecule has 1 aliphatic rings. The summed E-state index contributed by atoms with van der Waals surface area (Å²) in [6.45, 7) is -0.426. The molecule has 2 N–H and O–H groups in total. The molecular formula is C21H20ClNO6. The summed E-state index contributed by atoms with van der Waals surface area (Å²) in [6.07, 6.45) is 0. The Balaban J connectivity index is 2.23. The Morgan fingerprint density at radius 2 is 1.79 bits per heavy atom. The highest BCUT2D eigenvalue weighted by Crippen LogP contribution is 2.43. The number of likely N-dealkylation sites (tertiary alicyclic amines) is 1. The normalized spacial score (nSPS) is 18.2. The number of rotatable bonds is 6. The van der Waals surface area contributed by atoms with E-state index in [2.05, 4.69) is 0 Å². The highest BCUT2D eigenvalue weighted by atomic mass is 35.5. The van der Waals surface area contributed by atoms with Crippen molar-refractivity contribution < 1.29 is 29.3 Å². The Morgan fingerprint density at radius 3 is 2.38 bits per heavy atom. The highest BCUT2D eigenvalue weighted by molar-refractivity contribution is 6.46. The van der Waals surface area contributed by atoms with Crippen LogP contribution in [0, 0.1) is 0 Å². The molecule has 1 unspecified atom stereocenters. The molecule has 0 bridgehead atoms. The van der Waals surface area contributed by atoms with E-state index < -0.39 is 17.7 Å². The molecule has 2 aromatic rings. The molecule has 2 aromatic carbocycles. The molecule has 152 valence electrons. The van der Waals surface area contributed by atoms with Gasteiger partial charge in [0, 0.05) is 28.8 Å². The molecule has 1 aliphatic heterocycles. The number of aliphatic hydroxyl groups excluding tert-OH is 2. The summed E-state index contributed by atoms with van der Waals surface area (Å²) < 4.78 is 10.6. The minimum atomic E-state index is -0.932. The third-order valence-electron chi connectivity index (χ3n) is 4.73. The second kappa shape index (κ2) is 8.55. The van der Waals surface area contributed by atoms with Gasteiger partial charge in [-0.05, 0) is 36.4 Å². The number of carbonyl (C=O) groups is 2. The van der Waals surface area contributed by atoms with E-state index in [-0.39, 0.29) is 24.5 Å². The minimum Gasteiger partial charge on any atom is -0.507 e. The Bertz CT molecular complexity index is 970. The predicted molar refractivity (Wildman–Crippen MR) is 107 cm³/mol. The van der Waals surface area contributed by atoms with Crippen LogP contribution < -0.4 is 9.47 Å². The predicted octanol–water partition coefficient (Wildman–Crippen LogP) is 2.77. The summed E-state index contributed by atoms with van der Waals surface area (Å²) >= 11 is 5.90. The van der Waals surface area contributed by atoms with Crippen LogP contribution in [0.15, 0.2) is 48.0 Å². The first-order chi connectivity index (χ1) is 13.9. The van der Waals surface area contributed by atoms with Crippen molar-refractivity contribution in [2.45, 2.75) is 6.04 Å². The lowest BCUT2D eigenvalue weighted by molar-refractivity contribution is -0.140. The van der Waals surface area contributed by atoms with Gasteiger partial charge >= 0.3 is 0 Å². The Hall–Kier alpha value is -3.03. The number of hydrogen-bond donors (Lipinski definition) is 2. The van der Waals surface area contributed by atoms with Crippen LogP contribution in [0.1, 0.15) is 17.2 Å². The van der Waals surface area contributed by atoms with Crippen molar-refractivity contribution in [3.63, 3.8) is 0 Å². The van der Waals surface area contributed by atoms with Gasteiger partial charge in [-0.2, -0.15) is 0 Å². The number of benzene rings is 2. The lowest BCUT2D eigenvalue weighted by atomic mass is 9.94. The van der Waals surface area contributed by atoms with E-state index in [1.807, 2.05) is 0 Å². The molecule has 0 saturated carbocycles. The summed E-state index contributed by atoms with van der Waals surface area (Å²) in [6, 6.07) is 10.3. The van der Waals surface area contributed by atoms with Crippen LogP contribution in [-0.2, 0) is 9.59 Å². The summed E-state index contributed by atoms with van der Waals surface area (Å²) in [5.74, 6) is -1.07. The first-order valence-electron chi connectivity index (χ1n) is 8.80. The largest absolute Gasteiger partial charge is 0.507 e. The van der Waals surface area contributed by atoms with Gasteiger partial charge in [-0.15, -0.1) is 0 Å². The molecule has 0 spiro atoms. The average molecular weight is 418 g/mol. The second-order valence-electron chi connectivity index (χ2n) is 6.33. The van der Waals surface area contributed by atoms with E-state index in [1.165, 1.54) is 19.1 Å². The molecule has 1 amide bonds. The van der Waals surface area contributed by atoms with Gasteiger partial charge in [0.15, 0.2) is 0 Å². The maximum atomic E-state index is 12.8. The number of amides is 1. The molecular weight excluding hydrogens is 398 g/mol. The van der Waals surface area contributed by atoms with Gasteiger partial charge in [0.05, 0.1) is 32.4 Å². The standard InChI is InChI=1S/C21H20ClNO6/c1-28-14-7-8-15(16(11-14)29-2)18-17(20(26)21(27)23(18)9-10-24)19(25)12-3-5-13(22)6-4-12/h3-8,11,18,24-25H,9-10H2,1-2H3/b19-17-. The van der Waals surface area contributed by atoms with Crippen molar-refractivity contribution in [2.75, 3.05) is 27.4 Å². The number of hydrogen-bond acceptors (Lipinski definition) is 6. The number of nitrogens with zero attached hydrogens (tertiary/aromatic N) is 1. The quantitative estimate of drug-likeness (QED) is 0.426. The molecule has 1 heterocycles. The van der Waals surface area contributed by atoms with Gasteiger partial charge in [-0.25, -0.2) is 0 Å². The summed E-state index contributed by atoms with van der Waals surface area (Å²) in [4.78, 5) is 26.6. The smallest absolute Gasteiger partial charge is 0.295 e.